The maximum absolute atomic E-state index is 12.9. The second kappa shape index (κ2) is 8.67. The number of hydrogen-bond donors (Lipinski definition) is 1. The van der Waals surface area contributed by atoms with E-state index in [9.17, 15) is 14.4 Å². The van der Waals surface area contributed by atoms with E-state index in [1.165, 1.54) is 27.8 Å². The van der Waals surface area contributed by atoms with Gasteiger partial charge in [0.25, 0.3) is 5.91 Å². The van der Waals surface area contributed by atoms with Crippen LogP contribution in [0.4, 0.5) is 10.5 Å². The highest BCUT2D eigenvalue weighted by Crippen LogP contribution is 2.29. The topological polar surface area (TPSA) is 116 Å². The normalized spacial score (nSPS) is 20.0. The number of carbonyl (C=O) groups is 3. The van der Waals surface area contributed by atoms with Crippen molar-refractivity contribution in [2.75, 3.05) is 29.6 Å². The van der Waals surface area contributed by atoms with Crippen LogP contribution in [0.3, 0.4) is 0 Å². The first-order chi connectivity index (χ1) is 15.3. The van der Waals surface area contributed by atoms with Gasteiger partial charge in [-0.2, -0.15) is 5.26 Å². The van der Waals surface area contributed by atoms with Gasteiger partial charge in [0.15, 0.2) is 0 Å². The third kappa shape index (κ3) is 4.34. The Morgan fingerprint density at radius 1 is 1.38 bits per heavy atom. The zero-order valence-corrected chi connectivity index (χ0v) is 18.6. The average molecular weight is 454 g/mol. The molecule has 2 saturated heterocycles. The predicted octanol–water partition coefficient (Wildman–Crippen LogP) is 2.51. The number of cyclic esters (lactones) is 1. The lowest BCUT2D eigenvalue weighted by Gasteiger charge is -2.36. The molecule has 0 aliphatic carbocycles. The Labute approximate surface area is 189 Å². The molecule has 1 aromatic heterocycles. The van der Waals surface area contributed by atoms with Gasteiger partial charge in [0, 0.05) is 36.0 Å². The zero-order valence-electron chi connectivity index (χ0n) is 17.8. The fourth-order valence-electron chi connectivity index (χ4n) is 3.70. The lowest BCUT2D eigenvalue weighted by Crippen LogP contribution is -2.46. The second-order valence-electron chi connectivity index (χ2n) is 8.28. The fraction of sp³-hybridized carbons (Fsp3) is 0.409. The molecule has 1 aromatic carbocycles. The lowest BCUT2D eigenvalue weighted by molar-refractivity contribution is -0.129. The maximum atomic E-state index is 12.9. The number of aromatic nitrogens is 1. The highest BCUT2D eigenvalue weighted by molar-refractivity contribution is 7.99. The van der Waals surface area contributed by atoms with Crippen LogP contribution in [0.5, 0.6) is 0 Å². The molecule has 3 heterocycles. The van der Waals surface area contributed by atoms with Gasteiger partial charge in [-0.05, 0) is 38.1 Å². The van der Waals surface area contributed by atoms with Crippen LogP contribution in [-0.4, -0.2) is 64.2 Å². The van der Waals surface area contributed by atoms with Crippen LogP contribution < -0.4 is 10.2 Å². The summed E-state index contributed by atoms with van der Waals surface area (Å²) in [6.45, 7) is 4.04. The van der Waals surface area contributed by atoms with E-state index < -0.39 is 23.6 Å². The summed E-state index contributed by atoms with van der Waals surface area (Å²) >= 11 is 1.51. The first kappa shape index (κ1) is 21.9. The summed E-state index contributed by atoms with van der Waals surface area (Å²) in [6.07, 6.45) is 1.77. The summed E-state index contributed by atoms with van der Waals surface area (Å²) in [5, 5.41) is 12.4. The molecular formula is C22H23N5O4S. The van der Waals surface area contributed by atoms with E-state index in [4.69, 9.17) is 10.00 Å². The van der Waals surface area contributed by atoms with E-state index in [-0.39, 0.29) is 12.5 Å². The van der Waals surface area contributed by atoms with Crippen molar-refractivity contribution in [2.45, 2.75) is 31.9 Å². The maximum Gasteiger partial charge on any atom is 0.414 e. The van der Waals surface area contributed by atoms with Crippen molar-refractivity contribution in [1.82, 2.24) is 15.2 Å². The molecule has 0 bridgehead atoms. The molecule has 166 valence electrons. The molecule has 32 heavy (non-hydrogen) atoms. The quantitative estimate of drug-likeness (QED) is 0.756. The van der Waals surface area contributed by atoms with E-state index >= 15 is 0 Å². The van der Waals surface area contributed by atoms with E-state index in [0.29, 0.717) is 46.7 Å². The number of benzene rings is 1. The first-order valence-corrected chi connectivity index (χ1v) is 11.4. The van der Waals surface area contributed by atoms with Gasteiger partial charge in [-0.3, -0.25) is 19.5 Å². The fourth-order valence-corrected chi connectivity index (χ4v) is 4.80. The van der Waals surface area contributed by atoms with Crippen LogP contribution in [0, 0.1) is 11.3 Å². The molecule has 2 aromatic rings. The summed E-state index contributed by atoms with van der Waals surface area (Å²) in [5.41, 5.74) is 1.05. The zero-order chi connectivity index (χ0) is 22.9. The molecule has 9 nitrogen and oxygen atoms in total. The van der Waals surface area contributed by atoms with E-state index in [2.05, 4.69) is 16.4 Å². The predicted molar refractivity (Wildman–Crippen MR) is 120 cm³/mol. The highest BCUT2D eigenvalue weighted by Gasteiger charge is 2.34. The molecule has 2 fully saturated rings. The number of nitrogens with one attached hydrogen (secondary N) is 1. The number of thioether (sulfide) groups is 1. The number of carbonyl (C=O) groups excluding carboxylic acids is 3. The van der Waals surface area contributed by atoms with Crippen LogP contribution in [0.15, 0.2) is 30.5 Å². The summed E-state index contributed by atoms with van der Waals surface area (Å²) in [7, 11) is 0. The van der Waals surface area contributed by atoms with Crippen molar-refractivity contribution < 1.29 is 19.1 Å². The van der Waals surface area contributed by atoms with Crippen molar-refractivity contribution in [1.29, 1.82) is 5.26 Å². The minimum absolute atomic E-state index is 0.200. The number of nitrogens with zero attached hydrogens (tertiary/aromatic N) is 4. The minimum Gasteiger partial charge on any atom is -0.443 e. The van der Waals surface area contributed by atoms with E-state index in [1.807, 2.05) is 13.8 Å². The number of nitriles is 1. The van der Waals surface area contributed by atoms with E-state index in [0.717, 1.165) is 0 Å². The van der Waals surface area contributed by atoms with Gasteiger partial charge >= 0.3 is 6.09 Å². The molecule has 0 saturated carbocycles. The lowest BCUT2D eigenvalue weighted by atomic mass is 10.0. The Morgan fingerprint density at radius 2 is 2.19 bits per heavy atom. The number of fused-ring (bicyclic) bond motifs is 1. The molecule has 2 aliphatic heterocycles. The number of anilines is 1. The van der Waals surface area contributed by atoms with Gasteiger partial charge in [0.05, 0.1) is 29.6 Å². The standard InChI is InChI=1S/C22H23N5O4S/c1-22(2)6-8-26(21(30)31-22)14-3-4-18-17(9-14)16(5-7-24-18)20(29)25-11-19(28)27-13-32-12-15(27)10-23/h3-5,7,9,15H,6,8,11-13H2,1-2H3,(H,25,29). The number of pyridine rings is 1. The molecule has 1 unspecified atom stereocenters. The van der Waals surface area contributed by atoms with Crippen LogP contribution in [-0.2, 0) is 9.53 Å². The summed E-state index contributed by atoms with van der Waals surface area (Å²) < 4.78 is 5.49. The highest BCUT2D eigenvalue weighted by atomic mass is 32.2. The van der Waals surface area contributed by atoms with Gasteiger partial charge in [0.1, 0.15) is 11.6 Å². The van der Waals surface area contributed by atoms with Crippen molar-refractivity contribution in [2.24, 2.45) is 0 Å². The summed E-state index contributed by atoms with van der Waals surface area (Å²) in [6, 6.07) is 8.47. The Bertz CT molecular complexity index is 1130. The third-order valence-corrected chi connectivity index (χ3v) is 6.57. The third-order valence-electron chi connectivity index (χ3n) is 5.55. The van der Waals surface area contributed by atoms with Crippen LogP contribution in [0.1, 0.15) is 30.6 Å². The SMILES string of the molecule is CC1(C)CCN(c2ccc3nccc(C(=O)NCC(=O)N4CSCC4C#N)c3c2)C(=O)O1. The molecule has 1 atom stereocenters. The van der Waals surface area contributed by atoms with Gasteiger partial charge < -0.3 is 15.0 Å². The van der Waals surface area contributed by atoms with Crippen LogP contribution in [0.2, 0.25) is 0 Å². The van der Waals surface area contributed by atoms with Gasteiger partial charge in [-0.15, -0.1) is 11.8 Å². The molecule has 4 rings (SSSR count). The Hall–Kier alpha value is -3.32. The van der Waals surface area contributed by atoms with Gasteiger partial charge in [-0.25, -0.2) is 4.79 Å². The number of amides is 3. The molecule has 3 amide bonds. The summed E-state index contributed by atoms with van der Waals surface area (Å²) in [4.78, 5) is 45.1. The van der Waals surface area contributed by atoms with Crippen LogP contribution in [0.25, 0.3) is 10.9 Å². The van der Waals surface area contributed by atoms with Crippen molar-refractivity contribution in [3.63, 3.8) is 0 Å². The Kier molecular flexibility index (Phi) is 5.93. The average Bonchev–Trinajstić information content (AvgIpc) is 3.25. The second-order valence-corrected chi connectivity index (χ2v) is 9.28. The number of rotatable bonds is 4. The van der Waals surface area contributed by atoms with Gasteiger partial charge in [0.2, 0.25) is 5.91 Å². The molecule has 0 spiro atoms. The molecule has 10 heteroatoms. The van der Waals surface area contributed by atoms with Crippen molar-refractivity contribution in [3.05, 3.63) is 36.0 Å². The van der Waals surface area contributed by atoms with Gasteiger partial charge in [-0.1, -0.05) is 0 Å². The first-order valence-electron chi connectivity index (χ1n) is 10.2. The molecule has 0 radical (unpaired) electrons. The smallest absolute Gasteiger partial charge is 0.414 e. The van der Waals surface area contributed by atoms with E-state index in [1.54, 1.807) is 24.3 Å². The molecule has 1 N–H and O–H groups in total. The Morgan fingerprint density at radius 3 is 2.94 bits per heavy atom. The van der Waals surface area contributed by atoms with Crippen molar-refractivity contribution in [3.8, 4) is 6.07 Å². The number of hydrogen-bond acceptors (Lipinski definition) is 7. The summed E-state index contributed by atoms with van der Waals surface area (Å²) in [5.74, 6) is 0.291. The van der Waals surface area contributed by atoms with Crippen LogP contribution >= 0.6 is 11.8 Å². The monoisotopic (exact) mass is 453 g/mol. The molecule has 2 aliphatic rings. The number of ether oxygens (including phenoxy) is 1. The van der Waals surface area contributed by atoms with Crippen molar-refractivity contribution >= 4 is 46.3 Å². The largest absolute Gasteiger partial charge is 0.443 e. The minimum atomic E-state index is -0.512. The molecular weight excluding hydrogens is 430 g/mol. The Balaban J connectivity index is 1.53.